The van der Waals surface area contributed by atoms with E-state index >= 15 is 0 Å². The fraction of sp³-hybridized carbons (Fsp3) is 0.182. The second-order valence-corrected chi connectivity index (χ2v) is 4.16. The number of nitrogen functional groups attached to an aromatic ring is 1. The van der Waals surface area contributed by atoms with Crippen molar-refractivity contribution in [2.45, 2.75) is 13.8 Å². The summed E-state index contributed by atoms with van der Waals surface area (Å²) in [4.78, 5) is 11.8. The van der Waals surface area contributed by atoms with Crippen LogP contribution in [0, 0.1) is 13.8 Å². The lowest BCUT2D eigenvalue weighted by molar-refractivity contribution is 0.829. The van der Waals surface area contributed by atoms with Gasteiger partial charge >= 0.3 is 0 Å². The maximum Gasteiger partial charge on any atom is 0.294 e. The standard InChI is InChI=1S/C11H12ClN3O/c1-6-3-4-8(12)5-9(6)15-11(16)10(13)7(2)14-15/h3-5,14H,13H2,1-2H3. The van der Waals surface area contributed by atoms with E-state index in [1.54, 1.807) is 19.1 Å². The number of aryl methyl sites for hydroxylation is 2. The fourth-order valence-corrected chi connectivity index (χ4v) is 1.72. The molecule has 1 aromatic carbocycles. The molecular weight excluding hydrogens is 226 g/mol. The van der Waals surface area contributed by atoms with E-state index in [0.29, 0.717) is 10.7 Å². The lowest BCUT2D eigenvalue weighted by Crippen LogP contribution is -2.17. The Hall–Kier alpha value is -1.68. The molecule has 2 aromatic rings. The third-order valence-electron chi connectivity index (χ3n) is 2.53. The molecule has 4 nitrogen and oxygen atoms in total. The van der Waals surface area contributed by atoms with Gasteiger partial charge in [0.2, 0.25) is 0 Å². The highest BCUT2D eigenvalue weighted by Crippen LogP contribution is 2.18. The summed E-state index contributed by atoms with van der Waals surface area (Å²) in [7, 11) is 0. The maximum atomic E-state index is 11.8. The zero-order chi connectivity index (χ0) is 11.9. The normalized spacial score (nSPS) is 10.7. The summed E-state index contributed by atoms with van der Waals surface area (Å²) in [6.45, 7) is 3.66. The van der Waals surface area contributed by atoms with E-state index in [0.717, 1.165) is 11.3 Å². The first kappa shape index (κ1) is 10.8. The van der Waals surface area contributed by atoms with Gasteiger partial charge < -0.3 is 5.73 Å². The number of hydrogen-bond donors (Lipinski definition) is 2. The van der Waals surface area contributed by atoms with Gasteiger partial charge in [-0.25, -0.2) is 4.68 Å². The van der Waals surface area contributed by atoms with E-state index in [2.05, 4.69) is 5.10 Å². The molecule has 5 heteroatoms. The Balaban J connectivity index is 2.72. The molecule has 0 aliphatic carbocycles. The third-order valence-corrected chi connectivity index (χ3v) is 2.76. The first-order chi connectivity index (χ1) is 7.50. The Labute approximate surface area is 97.6 Å². The van der Waals surface area contributed by atoms with Gasteiger partial charge in [0.1, 0.15) is 5.69 Å². The van der Waals surface area contributed by atoms with Crippen LogP contribution < -0.4 is 11.3 Å². The zero-order valence-corrected chi connectivity index (χ0v) is 9.80. The number of anilines is 1. The lowest BCUT2D eigenvalue weighted by Gasteiger charge is -2.06. The van der Waals surface area contributed by atoms with Crippen LogP contribution in [0.1, 0.15) is 11.3 Å². The van der Waals surface area contributed by atoms with E-state index in [9.17, 15) is 4.79 Å². The van der Waals surface area contributed by atoms with Crippen molar-refractivity contribution in [2.24, 2.45) is 0 Å². The van der Waals surface area contributed by atoms with Gasteiger partial charge in [0.05, 0.1) is 11.4 Å². The average molecular weight is 238 g/mol. The summed E-state index contributed by atoms with van der Waals surface area (Å²) in [5.41, 5.74) is 7.95. The van der Waals surface area contributed by atoms with Crippen molar-refractivity contribution in [3.05, 3.63) is 44.8 Å². The van der Waals surface area contributed by atoms with Crippen LogP contribution in [-0.4, -0.2) is 9.78 Å². The van der Waals surface area contributed by atoms with Crippen LogP contribution in [0.25, 0.3) is 5.69 Å². The summed E-state index contributed by atoms with van der Waals surface area (Å²) in [5.74, 6) is 0. The van der Waals surface area contributed by atoms with Gasteiger partial charge in [0, 0.05) is 5.02 Å². The second kappa shape index (κ2) is 3.72. The van der Waals surface area contributed by atoms with Gasteiger partial charge in [-0.1, -0.05) is 17.7 Å². The third kappa shape index (κ3) is 1.61. The predicted octanol–water partition coefficient (Wildman–Crippen LogP) is 2.02. The summed E-state index contributed by atoms with van der Waals surface area (Å²) < 4.78 is 1.41. The Morgan fingerprint density at radius 1 is 1.38 bits per heavy atom. The Morgan fingerprint density at radius 2 is 2.06 bits per heavy atom. The fourth-order valence-electron chi connectivity index (χ4n) is 1.55. The molecule has 0 bridgehead atoms. The van der Waals surface area contributed by atoms with Crippen LogP contribution >= 0.6 is 11.6 Å². The van der Waals surface area contributed by atoms with E-state index in [1.165, 1.54) is 4.68 Å². The molecule has 0 radical (unpaired) electrons. The number of nitrogens with two attached hydrogens (primary N) is 1. The number of rotatable bonds is 1. The molecule has 3 N–H and O–H groups in total. The van der Waals surface area contributed by atoms with E-state index < -0.39 is 0 Å². The van der Waals surface area contributed by atoms with Crippen LogP contribution in [0.5, 0.6) is 0 Å². The van der Waals surface area contributed by atoms with E-state index in [-0.39, 0.29) is 11.2 Å². The van der Waals surface area contributed by atoms with Crippen molar-refractivity contribution in [1.29, 1.82) is 0 Å². The molecule has 0 spiro atoms. The first-order valence-corrected chi connectivity index (χ1v) is 5.22. The summed E-state index contributed by atoms with van der Waals surface area (Å²) in [5, 5.41) is 3.50. The van der Waals surface area contributed by atoms with Crippen molar-refractivity contribution < 1.29 is 0 Å². The molecule has 0 atom stereocenters. The van der Waals surface area contributed by atoms with Gasteiger partial charge in [-0.15, -0.1) is 0 Å². The minimum atomic E-state index is -0.247. The van der Waals surface area contributed by atoms with Gasteiger partial charge in [-0.3, -0.25) is 9.89 Å². The van der Waals surface area contributed by atoms with Crippen LogP contribution in [-0.2, 0) is 0 Å². The number of nitrogens with one attached hydrogen (secondary N) is 1. The first-order valence-electron chi connectivity index (χ1n) is 4.84. The Bertz CT molecular complexity index is 598. The molecule has 1 aromatic heterocycles. The molecule has 0 saturated heterocycles. The van der Waals surface area contributed by atoms with E-state index in [4.69, 9.17) is 17.3 Å². The number of nitrogens with zero attached hydrogens (tertiary/aromatic N) is 1. The summed E-state index contributed by atoms with van der Waals surface area (Å²) >= 11 is 5.91. The molecule has 84 valence electrons. The second-order valence-electron chi connectivity index (χ2n) is 3.72. The highest BCUT2D eigenvalue weighted by molar-refractivity contribution is 6.30. The molecule has 2 rings (SSSR count). The van der Waals surface area contributed by atoms with Crippen molar-refractivity contribution in [3.63, 3.8) is 0 Å². The number of hydrogen-bond acceptors (Lipinski definition) is 2. The quantitative estimate of drug-likeness (QED) is 0.797. The number of aromatic nitrogens is 2. The van der Waals surface area contributed by atoms with Crippen LogP contribution in [0.2, 0.25) is 5.02 Å². The molecule has 16 heavy (non-hydrogen) atoms. The molecule has 0 unspecified atom stereocenters. The smallest absolute Gasteiger partial charge is 0.294 e. The van der Waals surface area contributed by atoms with Crippen molar-refractivity contribution in [3.8, 4) is 5.69 Å². The van der Waals surface area contributed by atoms with Gasteiger partial charge in [-0.05, 0) is 31.5 Å². The van der Waals surface area contributed by atoms with Crippen molar-refractivity contribution >= 4 is 17.3 Å². The Kier molecular flexibility index (Phi) is 2.52. The number of benzene rings is 1. The van der Waals surface area contributed by atoms with Crippen LogP contribution in [0.15, 0.2) is 23.0 Å². The molecule has 0 aliphatic rings. The van der Waals surface area contributed by atoms with Crippen molar-refractivity contribution in [1.82, 2.24) is 9.78 Å². The zero-order valence-electron chi connectivity index (χ0n) is 9.04. The highest BCUT2D eigenvalue weighted by Gasteiger charge is 2.10. The minimum absolute atomic E-state index is 0.236. The predicted molar refractivity (Wildman–Crippen MR) is 65.3 cm³/mol. The molecule has 0 saturated carbocycles. The van der Waals surface area contributed by atoms with E-state index in [1.807, 2.05) is 13.0 Å². The molecular formula is C11H12ClN3O. The monoisotopic (exact) mass is 237 g/mol. The van der Waals surface area contributed by atoms with Gasteiger partial charge in [0.25, 0.3) is 5.56 Å². The van der Waals surface area contributed by atoms with Crippen LogP contribution in [0.3, 0.4) is 0 Å². The molecule has 1 heterocycles. The number of halogens is 1. The summed E-state index contributed by atoms with van der Waals surface area (Å²) in [6, 6.07) is 5.37. The maximum absolute atomic E-state index is 11.8. The number of aromatic amines is 1. The Morgan fingerprint density at radius 3 is 2.62 bits per heavy atom. The lowest BCUT2D eigenvalue weighted by atomic mass is 10.2. The highest BCUT2D eigenvalue weighted by atomic mass is 35.5. The SMILES string of the molecule is Cc1ccc(Cl)cc1-n1[nH]c(C)c(N)c1=O. The minimum Gasteiger partial charge on any atom is -0.393 e. The molecule has 0 aliphatic heterocycles. The molecule has 0 fully saturated rings. The molecule has 0 amide bonds. The summed E-state index contributed by atoms with van der Waals surface area (Å²) in [6.07, 6.45) is 0. The van der Waals surface area contributed by atoms with Gasteiger partial charge in [0.15, 0.2) is 0 Å². The average Bonchev–Trinajstić information content (AvgIpc) is 2.50. The number of H-pyrrole nitrogens is 1. The van der Waals surface area contributed by atoms with Gasteiger partial charge in [-0.2, -0.15) is 0 Å². The topological polar surface area (TPSA) is 63.8 Å². The largest absolute Gasteiger partial charge is 0.393 e. The van der Waals surface area contributed by atoms with Crippen LogP contribution in [0.4, 0.5) is 5.69 Å². The van der Waals surface area contributed by atoms with Crippen molar-refractivity contribution in [2.75, 3.05) is 5.73 Å².